The lowest BCUT2D eigenvalue weighted by atomic mass is 9.79. The number of primary amides is 2. The number of nitrogens with zero attached hydrogens (tertiary/aromatic N) is 3. The molecule has 2 aliphatic rings. The number of allylic oxidation sites excluding steroid dienone is 1. The molecule has 1 fully saturated rings. The van der Waals surface area contributed by atoms with Crippen LogP contribution in [0, 0.1) is 0 Å². The second-order valence-electron chi connectivity index (χ2n) is 6.37. The summed E-state index contributed by atoms with van der Waals surface area (Å²) >= 11 is 0. The summed E-state index contributed by atoms with van der Waals surface area (Å²) in [7, 11) is 3.61. The zero-order valence-corrected chi connectivity index (χ0v) is 15.9. The summed E-state index contributed by atoms with van der Waals surface area (Å²) in [5.74, 6) is -1.74. The van der Waals surface area contributed by atoms with Gasteiger partial charge >= 0.3 is 24.1 Å². The molecule has 1 saturated heterocycles. The number of carbonyl (C=O) groups is 5. The minimum atomic E-state index is -2.04. The first-order valence-electron chi connectivity index (χ1n) is 7.92. The Morgan fingerprint density at radius 3 is 2.07 bits per heavy atom. The van der Waals surface area contributed by atoms with Gasteiger partial charge < -0.3 is 21.1 Å². The highest BCUT2D eigenvalue weighted by Crippen LogP contribution is 2.50. The minimum Gasteiger partial charge on any atom is -0.466 e. The number of imide groups is 1. The van der Waals surface area contributed by atoms with E-state index in [9.17, 15) is 24.0 Å². The van der Waals surface area contributed by atoms with Crippen LogP contribution in [0.1, 0.15) is 13.8 Å². The average molecular weight is 398 g/mol. The van der Waals surface area contributed by atoms with Crippen molar-refractivity contribution in [3.05, 3.63) is 11.3 Å². The van der Waals surface area contributed by atoms with Crippen LogP contribution in [0.4, 0.5) is 14.4 Å². The molecule has 154 valence electrons. The molecule has 2 unspecified atom stereocenters. The zero-order chi connectivity index (χ0) is 21.6. The van der Waals surface area contributed by atoms with E-state index < -0.39 is 41.2 Å². The van der Waals surface area contributed by atoms with Gasteiger partial charge in [0, 0.05) is 19.8 Å². The van der Waals surface area contributed by atoms with Crippen LogP contribution in [0.3, 0.4) is 0 Å². The Balaban J connectivity index is 2.86. The molecule has 0 bridgehead atoms. The van der Waals surface area contributed by atoms with Crippen LogP contribution >= 0.6 is 0 Å². The number of carbonyl (C=O) groups excluding carboxylic acids is 5. The first-order valence-corrected chi connectivity index (χ1v) is 7.92. The summed E-state index contributed by atoms with van der Waals surface area (Å²) in [6.45, 7) is 2.77. The molecule has 14 nitrogen and oxygen atoms in total. The van der Waals surface area contributed by atoms with Gasteiger partial charge in [0.1, 0.15) is 0 Å². The third-order valence-corrected chi connectivity index (χ3v) is 4.94. The molecule has 2 aliphatic heterocycles. The number of urea groups is 3. The molecule has 14 heteroatoms. The zero-order valence-electron chi connectivity index (χ0n) is 15.9. The molecule has 7 N–H and O–H groups in total. The summed E-state index contributed by atoms with van der Waals surface area (Å²) < 4.78 is 4.81. The molecule has 2 heterocycles. The number of amides is 7. The average Bonchev–Trinajstić information content (AvgIpc) is 2.92. The molecular weight excluding hydrogens is 376 g/mol. The SMILES string of the molecule is COC(=O)C1=C(C)N(NC(N)=O)C(C)(NNC(N)=O)C12C(=O)N(C)C(=O)N2C. The number of hydrogen-bond donors (Lipinski definition) is 5. The molecule has 0 radical (unpaired) electrons. The lowest BCUT2D eigenvalue weighted by Gasteiger charge is -2.47. The maximum Gasteiger partial charge on any atom is 0.338 e. The monoisotopic (exact) mass is 398 g/mol. The highest BCUT2D eigenvalue weighted by molar-refractivity contribution is 6.15. The van der Waals surface area contributed by atoms with Crippen molar-refractivity contribution >= 4 is 30.0 Å². The van der Waals surface area contributed by atoms with Crippen LogP contribution in [0.5, 0.6) is 0 Å². The molecule has 0 aromatic heterocycles. The number of hydrogen-bond acceptors (Lipinski definition) is 8. The number of likely N-dealkylation sites (N-methyl/N-ethyl adjacent to an activating group) is 2. The first kappa shape index (κ1) is 20.8. The number of methoxy groups -OCH3 is 1. The highest BCUT2D eigenvalue weighted by Gasteiger charge is 2.74. The van der Waals surface area contributed by atoms with E-state index in [1.165, 1.54) is 27.9 Å². The molecule has 0 saturated carbocycles. The second kappa shape index (κ2) is 6.56. The third kappa shape index (κ3) is 2.41. The number of hydrazine groups is 2. The van der Waals surface area contributed by atoms with Gasteiger partial charge in [-0.1, -0.05) is 0 Å². The maximum absolute atomic E-state index is 13.3. The van der Waals surface area contributed by atoms with Gasteiger partial charge in [0.25, 0.3) is 5.91 Å². The lowest BCUT2D eigenvalue weighted by molar-refractivity contribution is -0.145. The van der Waals surface area contributed by atoms with Crippen molar-refractivity contribution in [1.82, 2.24) is 31.1 Å². The standard InChI is InChI=1S/C14H22N8O6/c1-6-7(8(23)28-5)14(9(24)20(3)12(27)21(14)4)13(2,19-17-10(15)25)22(6)18-11(16)26/h19H,1-5H3,(H3,15,17,25)(H3,16,18,26). The van der Waals surface area contributed by atoms with Crippen molar-refractivity contribution in [3.8, 4) is 0 Å². The molecule has 1 spiro atoms. The van der Waals surface area contributed by atoms with E-state index in [1.807, 2.05) is 0 Å². The Kier molecular flexibility index (Phi) is 4.86. The van der Waals surface area contributed by atoms with Crippen molar-refractivity contribution in [3.63, 3.8) is 0 Å². The Hall–Kier alpha value is -3.55. The summed E-state index contributed by atoms with van der Waals surface area (Å²) in [5.41, 5.74) is 13.2. The van der Waals surface area contributed by atoms with E-state index in [1.54, 1.807) is 0 Å². The van der Waals surface area contributed by atoms with Gasteiger partial charge in [-0.3, -0.25) is 20.1 Å². The van der Waals surface area contributed by atoms with Crippen molar-refractivity contribution in [2.45, 2.75) is 25.0 Å². The quantitative estimate of drug-likeness (QED) is 0.194. The lowest BCUT2D eigenvalue weighted by Crippen LogP contribution is -2.78. The summed E-state index contributed by atoms with van der Waals surface area (Å²) in [6.07, 6.45) is 0. The third-order valence-electron chi connectivity index (χ3n) is 4.94. The summed E-state index contributed by atoms with van der Waals surface area (Å²) in [4.78, 5) is 63.2. The van der Waals surface area contributed by atoms with Gasteiger partial charge in [-0.15, -0.1) is 0 Å². The Morgan fingerprint density at radius 2 is 1.68 bits per heavy atom. The molecule has 7 amide bonds. The Morgan fingerprint density at radius 1 is 1.11 bits per heavy atom. The largest absolute Gasteiger partial charge is 0.466 e. The van der Waals surface area contributed by atoms with Crippen molar-refractivity contribution in [2.24, 2.45) is 11.5 Å². The van der Waals surface area contributed by atoms with E-state index in [4.69, 9.17) is 16.2 Å². The van der Waals surface area contributed by atoms with E-state index in [-0.39, 0.29) is 11.3 Å². The van der Waals surface area contributed by atoms with Crippen LogP contribution in [-0.2, 0) is 14.3 Å². The number of nitrogens with one attached hydrogen (secondary N) is 3. The van der Waals surface area contributed by atoms with Gasteiger partial charge in [0.05, 0.1) is 12.7 Å². The summed E-state index contributed by atoms with van der Waals surface area (Å²) in [6, 6.07) is -2.78. The Labute approximate surface area is 159 Å². The summed E-state index contributed by atoms with van der Waals surface area (Å²) in [5, 5.41) is 1.05. The van der Waals surface area contributed by atoms with Crippen LogP contribution < -0.4 is 27.7 Å². The smallest absolute Gasteiger partial charge is 0.338 e. The molecule has 0 aromatic rings. The van der Waals surface area contributed by atoms with Crippen LogP contribution in [-0.4, -0.2) is 77.2 Å². The number of rotatable bonds is 4. The molecule has 0 aliphatic carbocycles. The van der Waals surface area contributed by atoms with Gasteiger partial charge in [-0.05, 0) is 13.8 Å². The highest BCUT2D eigenvalue weighted by atomic mass is 16.5. The maximum atomic E-state index is 13.3. The van der Waals surface area contributed by atoms with Crippen LogP contribution in [0.25, 0.3) is 0 Å². The Bertz CT molecular complexity index is 812. The first-order chi connectivity index (χ1) is 12.9. The van der Waals surface area contributed by atoms with Crippen LogP contribution in [0.2, 0.25) is 0 Å². The number of esters is 1. The van der Waals surface area contributed by atoms with Gasteiger partial charge in [-0.25, -0.2) is 30.0 Å². The van der Waals surface area contributed by atoms with E-state index in [2.05, 4.69) is 16.3 Å². The van der Waals surface area contributed by atoms with Crippen molar-refractivity contribution in [1.29, 1.82) is 0 Å². The minimum absolute atomic E-state index is 0.0511. The topological polar surface area (TPSA) is 192 Å². The second-order valence-corrected chi connectivity index (χ2v) is 6.37. The fraction of sp³-hybridized carbons (Fsp3) is 0.500. The van der Waals surface area contributed by atoms with Crippen molar-refractivity contribution < 1.29 is 28.7 Å². The predicted octanol–water partition coefficient (Wildman–Crippen LogP) is -2.52. The molecule has 28 heavy (non-hydrogen) atoms. The predicted molar refractivity (Wildman–Crippen MR) is 92.2 cm³/mol. The number of nitrogens with two attached hydrogens (primary N) is 2. The van der Waals surface area contributed by atoms with E-state index >= 15 is 0 Å². The number of ether oxygens (including phenoxy) is 1. The van der Waals surface area contributed by atoms with Crippen molar-refractivity contribution in [2.75, 3.05) is 21.2 Å². The molecule has 2 atom stereocenters. The fourth-order valence-corrected chi connectivity index (χ4v) is 3.80. The van der Waals surface area contributed by atoms with Gasteiger partial charge in [0.15, 0.2) is 11.2 Å². The molecule has 2 rings (SSSR count). The van der Waals surface area contributed by atoms with Gasteiger partial charge in [0.2, 0.25) is 0 Å². The fourth-order valence-electron chi connectivity index (χ4n) is 3.80. The van der Waals surface area contributed by atoms with Crippen LogP contribution in [0.15, 0.2) is 11.3 Å². The van der Waals surface area contributed by atoms with E-state index in [0.29, 0.717) is 0 Å². The normalized spacial score (nSPS) is 27.0. The van der Waals surface area contributed by atoms with Gasteiger partial charge in [-0.2, -0.15) is 0 Å². The molecular formula is C14H22N8O6. The molecule has 0 aromatic carbocycles. The van der Waals surface area contributed by atoms with E-state index in [0.717, 1.165) is 21.9 Å².